The summed E-state index contributed by atoms with van der Waals surface area (Å²) in [6, 6.07) is 7.86. The maximum Gasteiger partial charge on any atom is 0.153 e. The van der Waals surface area contributed by atoms with Crippen LogP contribution in [0.3, 0.4) is 0 Å². The van der Waals surface area contributed by atoms with Gasteiger partial charge in [-0.15, -0.1) is 0 Å². The van der Waals surface area contributed by atoms with Crippen LogP contribution in [-0.4, -0.2) is 20.8 Å². The van der Waals surface area contributed by atoms with Gasteiger partial charge in [-0.3, -0.25) is 5.10 Å². The van der Waals surface area contributed by atoms with Crippen LogP contribution in [0.15, 0.2) is 30.6 Å². The van der Waals surface area contributed by atoms with Crippen LogP contribution in [0.1, 0.15) is 38.3 Å². The van der Waals surface area contributed by atoms with Crippen LogP contribution in [-0.2, 0) is 11.2 Å². The molecule has 2 aromatic rings. The topological polar surface area (TPSA) is 54.1 Å². The average Bonchev–Trinajstić information content (AvgIpc) is 2.89. The lowest BCUT2D eigenvalue weighted by Gasteiger charge is -2.27. The molecule has 3 rings (SSSR count). The first kappa shape index (κ1) is 13.6. The smallest absolute Gasteiger partial charge is 0.153 e. The summed E-state index contributed by atoms with van der Waals surface area (Å²) in [6.45, 7) is 6.57. The van der Waals surface area contributed by atoms with E-state index in [9.17, 15) is 0 Å². The van der Waals surface area contributed by atoms with Crippen LogP contribution >= 0.6 is 11.6 Å². The van der Waals surface area contributed by atoms with E-state index in [0.717, 1.165) is 16.4 Å². The molecule has 0 bridgehead atoms. The van der Waals surface area contributed by atoms with Gasteiger partial charge in [-0.2, -0.15) is 5.10 Å². The van der Waals surface area contributed by atoms with E-state index in [4.69, 9.17) is 16.3 Å². The first-order valence-electron chi connectivity index (χ1n) is 6.70. The first-order chi connectivity index (χ1) is 9.42. The number of nitrogens with one attached hydrogen (secondary N) is 1. The van der Waals surface area contributed by atoms with Gasteiger partial charge >= 0.3 is 0 Å². The summed E-state index contributed by atoms with van der Waals surface area (Å²) in [7, 11) is 0. The molecule has 1 aromatic heterocycles. The summed E-state index contributed by atoms with van der Waals surface area (Å²) in [5.41, 5.74) is 0.890. The monoisotopic (exact) mass is 291 g/mol. The number of rotatable bonds is 3. The quantitative estimate of drug-likeness (QED) is 0.880. The molecule has 2 atom stereocenters. The van der Waals surface area contributed by atoms with E-state index in [-0.39, 0.29) is 17.1 Å². The van der Waals surface area contributed by atoms with E-state index in [1.807, 2.05) is 24.3 Å². The second-order valence-corrected chi connectivity index (χ2v) is 6.72. The average molecular weight is 292 g/mol. The number of nitrogens with zero attached hydrogens (tertiary/aromatic N) is 2. The molecule has 0 aliphatic carbocycles. The Morgan fingerprint density at radius 2 is 2.00 bits per heavy atom. The van der Waals surface area contributed by atoms with Crippen LogP contribution in [0.25, 0.3) is 0 Å². The van der Waals surface area contributed by atoms with E-state index in [0.29, 0.717) is 6.42 Å². The zero-order valence-electron chi connectivity index (χ0n) is 11.9. The standard InChI is InChI=1S/C15H18ClN3O/c1-14(2,3)15(8-12-17-9-18-19-12)13(20-15)10-4-6-11(16)7-5-10/h4-7,9,13H,8H2,1-3H3,(H,17,18,19). The van der Waals surface area contributed by atoms with Crippen LogP contribution < -0.4 is 0 Å². The molecule has 20 heavy (non-hydrogen) atoms. The van der Waals surface area contributed by atoms with E-state index >= 15 is 0 Å². The third kappa shape index (κ3) is 2.23. The molecule has 1 fully saturated rings. The molecule has 0 amide bonds. The molecule has 0 radical (unpaired) electrons. The number of benzene rings is 1. The van der Waals surface area contributed by atoms with Crippen molar-refractivity contribution in [2.45, 2.75) is 38.9 Å². The molecule has 5 heteroatoms. The van der Waals surface area contributed by atoms with Gasteiger partial charge in [0.15, 0.2) is 5.82 Å². The number of aromatic nitrogens is 3. The summed E-state index contributed by atoms with van der Waals surface area (Å²) in [5, 5.41) is 7.66. The molecule has 2 unspecified atom stereocenters. The largest absolute Gasteiger partial charge is 0.360 e. The molecule has 4 nitrogen and oxygen atoms in total. The Morgan fingerprint density at radius 3 is 2.55 bits per heavy atom. The van der Waals surface area contributed by atoms with Crippen molar-refractivity contribution in [2.75, 3.05) is 0 Å². The Balaban J connectivity index is 1.89. The lowest BCUT2D eigenvalue weighted by atomic mass is 9.74. The molecular weight excluding hydrogens is 274 g/mol. The van der Waals surface area contributed by atoms with E-state index in [1.54, 1.807) is 6.33 Å². The van der Waals surface area contributed by atoms with Crippen LogP contribution in [0.5, 0.6) is 0 Å². The number of aromatic amines is 1. The predicted molar refractivity (Wildman–Crippen MR) is 77.6 cm³/mol. The van der Waals surface area contributed by atoms with Crippen LogP contribution in [0, 0.1) is 5.41 Å². The predicted octanol–water partition coefficient (Wildman–Crippen LogP) is 3.56. The van der Waals surface area contributed by atoms with Gasteiger partial charge in [0.05, 0.1) is 0 Å². The molecular formula is C15H18ClN3O. The summed E-state index contributed by atoms with van der Waals surface area (Å²) >= 11 is 5.95. The van der Waals surface area contributed by atoms with Gasteiger partial charge in [-0.25, -0.2) is 4.98 Å². The third-order valence-electron chi connectivity index (χ3n) is 4.02. The maximum atomic E-state index is 6.13. The first-order valence-corrected chi connectivity index (χ1v) is 7.08. The highest BCUT2D eigenvalue weighted by atomic mass is 35.5. The number of halogens is 1. The third-order valence-corrected chi connectivity index (χ3v) is 4.27. The second-order valence-electron chi connectivity index (χ2n) is 6.28. The fourth-order valence-corrected chi connectivity index (χ4v) is 2.80. The molecule has 1 saturated heterocycles. The van der Waals surface area contributed by atoms with Gasteiger partial charge in [0, 0.05) is 11.4 Å². The van der Waals surface area contributed by atoms with E-state index < -0.39 is 0 Å². The number of hydrogen-bond donors (Lipinski definition) is 1. The van der Waals surface area contributed by atoms with E-state index in [1.165, 1.54) is 0 Å². The summed E-state index contributed by atoms with van der Waals surface area (Å²) in [4.78, 5) is 4.23. The highest BCUT2D eigenvalue weighted by molar-refractivity contribution is 6.30. The Bertz CT molecular complexity index is 589. The number of epoxide rings is 1. The number of hydrogen-bond acceptors (Lipinski definition) is 3. The van der Waals surface area contributed by atoms with Crippen molar-refractivity contribution in [1.29, 1.82) is 0 Å². The van der Waals surface area contributed by atoms with Crippen molar-refractivity contribution < 1.29 is 4.74 Å². The minimum atomic E-state index is -0.261. The highest BCUT2D eigenvalue weighted by Gasteiger charge is 2.64. The lowest BCUT2D eigenvalue weighted by Crippen LogP contribution is -2.33. The summed E-state index contributed by atoms with van der Waals surface area (Å²) in [5.74, 6) is 0.788. The zero-order valence-corrected chi connectivity index (χ0v) is 12.6. The van der Waals surface area contributed by atoms with Crippen molar-refractivity contribution in [3.8, 4) is 0 Å². The van der Waals surface area contributed by atoms with Crippen molar-refractivity contribution in [3.63, 3.8) is 0 Å². The van der Waals surface area contributed by atoms with Crippen molar-refractivity contribution in [1.82, 2.24) is 15.2 Å². The molecule has 1 aliphatic heterocycles. The lowest BCUT2D eigenvalue weighted by molar-refractivity contribution is 0.152. The van der Waals surface area contributed by atoms with Crippen molar-refractivity contribution in [2.24, 2.45) is 5.41 Å². The Morgan fingerprint density at radius 1 is 1.30 bits per heavy atom. The van der Waals surface area contributed by atoms with Crippen LogP contribution in [0.4, 0.5) is 0 Å². The highest BCUT2D eigenvalue weighted by Crippen LogP contribution is 2.60. The second kappa shape index (κ2) is 4.57. The van der Waals surface area contributed by atoms with Gasteiger partial charge < -0.3 is 4.74 Å². The summed E-state index contributed by atoms with van der Waals surface area (Å²) < 4.78 is 6.13. The van der Waals surface area contributed by atoms with Gasteiger partial charge in [-0.1, -0.05) is 44.5 Å². The molecule has 0 saturated carbocycles. The summed E-state index contributed by atoms with van der Waals surface area (Å²) in [6.07, 6.45) is 2.37. The van der Waals surface area contributed by atoms with Crippen molar-refractivity contribution in [3.05, 3.63) is 47.0 Å². The normalized spacial score (nSPS) is 25.7. The number of H-pyrrole nitrogens is 1. The SMILES string of the molecule is CC(C)(C)C1(Cc2nc[nH]n2)OC1c1ccc(Cl)cc1. The van der Waals surface area contributed by atoms with Gasteiger partial charge in [-0.05, 0) is 23.1 Å². The maximum absolute atomic E-state index is 6.13. The Kier molecular flexibility index (Phi) is 3.10. The molecule has 106 valence electrons. The molecule has 1 aliphatic rings. The minimum absolute atomic E-state index is 0.00205. The minimum Gasteiger partial charge on any atom is -0.360 e. The van der Waals surface area contributed by atoms with E-state index in [2.05, 4.69) is 36.0 Å². The van der Waals surface area contributed by atoms with Gasteiger partial charge in [0.2, 0.25) is 0 Å². The Hall–Kier alpha value is -1.39. The molecule has 1 N–H and O–H groups in total. The fraction of sp³-hybridized carbons (Fsp3) is 0.467. The fourth-order valence-electron chi connectivity index (χ4n) is 2.68. The zero-order chi connectivity index (χ0) is 14.4. The Labute approximate surface area is 123 Å². The molecule has 0 spiro atoms. The van der Waals surface area contributed by atoms with Crippen LogP contribution in [0.2, 0.25) is 5.02 Å². The van der Waals surface area contributed by atoms with Crippen molar-refractivity contribution >= 4 is 11.6 Å². The number of ether oxygens (including phenoxy) is 1. The van der Waals surface area contributed by atoms with Gasteiger partial charge in [0.25, 0.3) is 0 Å². The van der Waals surface area contributed by atoms with Gasteiger partial charge in [0.1, 0.15) is 18.0 Å². The molecule has 2 heterocycles. The molecule has 1 aromatic carbocycles.